The van der Waals surface area contributed by atoms with Crippen molar-refractivity contribution in [3.63, 3.8) is 0 Å². The number of alkyl carbamates (subject to hydrolysis) is 1. The summed E-state index contributed by atoms with van der Waals surface area (Å²) in [5.74, 6) is 0.0809. The third-order valence-electron chi connectivity index (χ3n) is 4.51. The molecule has 1 aromatic rings. The van der Waals surface area contributed by atoms with Gasteiger partial charge in [0.05, 0.1) is 0 Å². The van der Waals surface area contributed by atoms with Crippen molar-refractivity contribution in [2.75, 3.05) is 19.6 Å². The number of hydrogen-bond donors (Lipinski definition) is 2. The molecule has 1 fully saturated rings. The fourth-order valence-corrected chi connectivity index (χ4v) is 3.01. The van der Waals surface area contributed by atoms with Crippen LogP contribution in [0.1, 0.15) is 44.6 Å². The van der Waals surface area contributed by atoms with Crippen LogP contribution in [0.2, 0.25) is 0 Å². The summed E-state index contributed by atoms with van der Waals surface area (Å²) >= 11 is 0. The summed E-state index contributed by atoms with van der Waals surface area (Å²) in [7, 11) is 0. The van der Waals surface area contributed by atoms with Crippen LogP contribution >= 0.6 is 0 Å². The predicted octanol–water partition coefficient (Wildman–Crippen LogP) is 2.21. The summed E-state index contributed by atoms with van der Waals surface area (Å²) in [6.45, 7) is 3.73. The van der Waals surface area contributed by atoms with Gasteiger partial charge in [-0.05, 0) is 24.8 Å². The Morgan fingerprint density at radius 1 is 1.22 bits per heavy atom. The third-order valence-corrected chi connectivity index (χ3v) is 4.51. The summed E-state index contributed by atoms with van der Waals surface area (Å²) in [6, 6.07) is 9.51. The minimum atomic E-state index is -0.480. The highest BCUT2D eigenvalue weighted by Crippen LogP contribution is 2.12. The second-order valence-corrected chi connectivity index (χ2v) is 6.69. The van der Waals surface area contributed by atoms with Crippen molar-refractivity contribution in [1.29, 1.82) is 0 Å². The average molecular weight is 375 g/mol. The standard InChI is InChI=1S/C20H29N3O4/c1-2-18(24)22-17-10-7-13-23(14-17)19(25)11-6-12-21-20(26)27-15-16-8-4-3-5-9-16/h3-5,8-9,17H,2,6-7,10-15H2,1H3,(H,21,26)(H,22,24). The Hall–Kier alpha value is -2.57. The van der Waals surface area contributed by atoms with Crippen LogP contribution in [0.15, 0.2) is 30.3 Å². The van der Waals surface area contributed by atoms with E-state index in [1.807, 2.05) is 37.3 Å². The molecule has 1 saturated heterocycles. The van der Waals surface area contributed by atoms with Crippen molar-refractivity contribution in [3.05, 3.63) is 35.9 Å². The number of amides is 3. The van der Waals surface area contributed by atoms with Crippen LogP contribution in [0.3, 0.4) is 0 Å². The first kappa shape index (κ1) is 20.7. The van der Waals surface area contributed by atoms with Crippen molar-refractivity contribution >= 4 is 17.9 Å². The van der Waals surface area contributed by atoms with Crippen LogP contribution in [-0.4, -0.2) is 48.5 Å². The number of rotatable bonds is 8. The molecule has 3 amide bonds. The van der Waals surface area contributed by atoms with Gasteiger partial charge in [0.15, 0.2) is 0 Å². The zero-order valence-electron chi connectivity index (χ0n) is 15.9. The number of benzene rings is 1. The lowest BCUT2D eigenvalue weighted by atomic mass is 10.0. The smallest absolute Gasteiger partial charge is 0.407 e. The molecule has 7 heteroatoms. The Labute approximate surface area is 160 Å². The lowest BCUT2D eigenvalue weighted by Gasteiger charge is -2.33. The molecule has 0 radical (unpaired) electrons. The topological polar surface area (TPSA) is 87.7 Å². The monoisotopic (exact) mass is 375 g/mol. The van der Waals surface area contributed by atoms with E-state index >= 15 is 0 Å². The second-order valence-electron chi connectivity index (χ2n) is 6.69. The average Bonchev–Trinajstić information content (AvgIpc) is 2.70. The van der Waals surface area contributed by atoms with E-state index in [4.69, 9.17) is 4.74 Å². The molecule has 2 rings (SSSR count). The number of carbonyl (C=O) groups is 3. The predicted molar refractivity (Wildman–Crippen MR) is 102 cm³/mol. The van der Waals surface area contributed by atoms with E-state index in [1.165, 1.54) is 0 Å². The SMILES string of the molecule is CCC(=O)NC1CCCN(C(=O)CCCNC(=O)OCc2ccccc2)C1. The molecule has 2 N–H and O–H groups in total. The maximum absolute atomic E-state index is 12.3. The largest absolute Gasteiger partial charge is 0.445 e. The van der Waals surface area contributed by atoms with Crippen LogP contribution in [0, 0.1) is 0 Å². The minimum absolute atomic E-state index is 0.0208. The van der Waals surface area contributed by atoms with E-state index < -0.39 is 6.09 Å². The van der Waals surface area contributed by atoms with Gasteiger partial charge in [0.2, 0.25) is 11.8 Å². The molecule has 1 heterocycles. The Morgan fingerprint density at radius 3 is 2.74 bits per heavy atom. The van der Waals surface area contributed by atoms with Gasteiger partial charge in [0, 0.05) is 38.5 Å². The number of nitrogens with zero attached hydrogens (tertiary/aromatic N) is 1. The van der Waals surface area contributed by atoms with Gasteiger partial charge in [-0.15, -0.1) is 0 Å². The fourth-order valence-electron chi connectivity index (χ4n) is 3.01. The minimum Gasteiger partial charge on any atom is -0.445 e. The van der Waals surface area contributed by atoms with Crippen LogP contribution in [0.25, 0.3) is 0 Å². The Morgan fingerprint density at radius 2 is 2.00 bits per heavy atom. The van der Waals surface area contributed by atoms with E-state index in [0.717, 1.165) is 24.9 Å². The molecule has 0 saturated carbocycles. The Balaban J connectivity index is 1.59. The maximum atomic E-state index is 12.3. The van der Waals surface area contributed by atoms with Crippen LogP contribution < -0.4 is 10.6 Å². The van der Waals surface area contributed by atoms with Gasteiger partial charge in [0.25, 0.3) is 0 Å². The molecule has 1 unspecified atom stereocenters. The molecule has 148 valence electrons. The van der Waals surface area contributed by atoms with Gasteiger partial charge in [0.1, 0.15) is 6.61 Å². The molecule has 7 nitrogen and oxygen atoms in total. The lowest BCUT2D eigenvalue weighted by Crippen LogP contribution is -2.49. The van der Waals surface area contributed by atoms with E-state index in [9.17, 15) is 14.4 Å². The zero-order valence-corrected chi connectivity index (χ0v) is 15.9. The van der Waals surface area contributed by atoms with Crippen LogP contribution in [0.4, 0.5) is 4.79 Å². The van der Waals surface area contributed by atoms with E-state index in [2.05, 4.69) is 10.6 Å². The molecular formula is C20H29N3O4. The van der Waals surface area contributed by atoms with Gasteiger partial charge < -0.3 is 20.3 Å². The maximum Gasteiger partial charge on any atom is 0.407 e. The highest BCUT2D eigenvalue weighted by molar-refractivity contribution is 5.77. The summed E-state index contributed by atoms with van der Waals surface area (Å²) in [6.07, 6.45) is 2.70. The lowest BCUT2D eigenvalue weighted by molar-refractivity contribution is -0.133. The highest BCUT2D eigenvalue weighted by atomic mass is 16.5. The summed E-state index contributed by atoms with van der Waals surface area (Å²) in [4.78, 5) is 37.3. The van der Waals surface area contributed by atoms with Gasteiger partial charge in [-0.2, -0.15) is 0 Å². The number of likely N-dealkylation sites (tertiary alicyclic amines) is 1. The number of piperidine rings is 1. The van der Waals surface area contributed by atoms with E-state index in [0.29, 0.717) is 32.4 Å². The van der Waals surface area contributed by atoms with Gasteiger partial charge in [-0.25, -0.2) is 4.79 Å². The number of ether oxygens (including phenoxy) is 1. The van der Waals surface area contributed by atoms with Crippen molar-refractivity contribution in [2.45, 2.75) is 51.7 Å². The molecule has 1 aliphatic rings. The van der Waals surface area contributed by atoms with Crippen molar-refractivity contribution in [1.82, 2.24) is 15.5 Å². The first-order valence-electron chi connectivity index (χ1n) is 9.60. The Bertz CT molecular complexity index is 621. The molecule has 1 aliphatic heterocycles. The van der Waals surface area contributed by atoms with Crippen molar-refractivity contribution in [3.8, 4) is 0 Å². The number of nitrogens with one attached hydrogen (secondary N) is 2. The molecule has 27 heavy (non-hydrogen) atoms. The van der Waals surface area contributed by atoms with Crippen molar-refractivity contribution < 1.29 is 19.1 Å². The molecule has 1 aromatic carbocycles. The molecule has 0 aromatic heterocycles. The first-order valence-corrected chi connectivity index (χ1v) is 9.60. The van der Waals surface area contributed by atoms with Crippen molar-refractivity contribution in [2.24, 2.45) is 0 Å². The number of hydrogen-bond acceptors (Lipinski definition) is 4. The number of carbonyl (C=O) groups excluding carboxylic acids is 3. The quantitative estimate of drug-likeness (QED) is 0.682. The zero-order chi connectivity index (χ0) is 19.5. The van der Waals surface area contributed by atoms with Gasteiger partial charge >= 0.3 is 6.09 Å². The molecule has 1 atom stereocenters. The van der Waals surface area contributed by atoms with Gasteiger partial charge in [-0.1, -0.05) is 37.3 Å². The first-order chi connectivity index (χ1) is 13.1. The van der Waals surface area contributed by atoms with Gasteiger partial charge in [-0.3, -0.25) is 9.59 Å². The summed E-state index contributed by atoms with van der Waals surface area (Å²) in [5.41, 5.74) is 0.928. The summed E-state index contributed by atoms with van der Waals surface area (Å²) < 4.78 is 5.13. The highest BCUT2D eigenvalue weighted by Gasteiger charge is 2.24. The molecule has 0 aliphatic carbocycles. The van der Waals surface area contributed by atoms with E-state index in [-0.39, 0.29) is 24.5 Å². The molecular weight excluding hydrogens is 346 g/mol. The van der Waals surface area contributed by atoms with E-state index in [1.54, 1.807) is 4.90 Å². The molecule has 0 bridgehead atoms. The fraction of sp³-hybridized carbons (Fsp3) is 0.550. The van der Waals surface area contributed by atoms with Crippen LogP contribution in [0.5, 0.6) is 0 Å². The van der Waals surface area contributed by atoms with Crippen LogP contribution in [-0.2, 0) is 20.9 Å². The Kier molecular flexibility index (Phi) is 8.61. The molecule has 0 spiro atoms. The summed E-state index contributed by atoms with van der Waals surface area (Å²) in [5, 5.41) is 5.62. The third kappa shape index (κ3) is 7.68. The normalized spacial score (nSPS) is 16.5. The second kappa shape index (κ2) is 11.2.